The molecule has 2 N–H and O–H groups in total. The van der Waals surface area contributed by atoms with Gasteiger partial charge in [-0.2, -0.15) is 0 Å². The van der Waals surface area contributed by atoms with Gasteiger partial charge in [0.05, 0.1) is 25.1 Å². The molecule has 1 saturated heterocycles. The molecule has 1 heterocycles. The summed E-state index contributed by atoms with van der Waals surface area (Å²) >= 11 is 0. The van der Waals surface area contributed by atoms with E-state index in [0.29, 0.717) is 6.61 Å². The highest BCUT2D eigenvalue weighted by Gasteiger charge is 2.28. The minimum atomic E-state index is -0.369. The summed E-state index contributed by atoms with van der Waals surface area (Å²) in [7, 11) is 0. The summed E-state index contributed by atoms with van der Waals surface area (Å²) in [6.07, 6.45) is 1.81. The van der Waals surface area contributed by atoms with Crippen LogP contribution in [0.15, 0.2) is 54.6 Å². The molecule has 5 nitrogen and oxygen atoms in total. The number of carbonyl (C=O) groups excluding carboxylic acids is 2. The number of benzene rings is 2. The number of carbonyl (C=O) groups is 2. The first kappa shape index (κ1) is 19.0. The van der Waals surface area contributed by atoms with E-state index in [1.165, 1.54) is 12.1 Å². The average molecular weight is 370 g/mol. The Bertz CT molecular complexity index is 759. The van der Waals surface area contributed by atoms with Crippen molar-refractivity contribution < 1.29 is 18.7 Å². The predicted octanol–water partition coefficient (Wildman–Crippen LogP) is 2.52. The van der Waals surface area contributed by atoms with Gasteiger partial charge in [-0.15, -0.1) is 0 Å². The van der Waals surface area contributed by atoms with Gasteiger partial charge in [-0.3, -0.25) is 9.59 Å². The van der Waals surface area contributed by atoms with Crippen LogP contribution in [0.2, 0.25) is 0 Å². The molecule has 2 aromatic rings. The number of hydrogen-bond acceptors (Lipinski definition) is 3. The third-order valence-corrected chi connectivity index (χ3v) is 4.54. The van der Waals surface area contributed by atoms with Crippen LogP contribution in [0.3, 0.4) is 0 Å². The molecule has 0 aromatic heterocycles. The molecule has 0 bridgehead atoms. The second-order valence-electron chi connectivity index (χ2n) is 6.59. The van der Waals surface area contributed by atoms with E-state index < -0.39 is 0 Å². The van der Waals surface area contributed by atoms with Gasteiger partial charge in [0.2, 0.25) is 11.8 Å². The van der Waals surface area contributed by atoms with Crippen LogP contribution in [0, 0.1) is 5.82 Å². The number of rotatable bonds is 7. The molecule has 0 radical (unpaired) electrons. The highest BCUT2D eigenvalue weighted by Crippen LogP contribution is 2.27. The summed E-state index contributed by atoms with van der Waals surface area (Å²) in [6, 6.07) is 15.0. The third-order valence-electron chi connectivity index (χ3n) is 4.54. The van der Waals surface area contributed by atoms with Crippen molar-refractivity contribution >= 4 is 11.8 Å². The smallest absolute Gasteiger partial charge is 0.239 e. The highest BCUT2D eigenvalue weighted by molar-refractivity contribution is 5.85. The number of hydrogen-bond donors (Lipinski definition) is 2. The van der Waals surface area contributed by atoms with Gasteiger partial charge in [-0.1, -0.05) is 42.5 Å². The van der Waals surface area contributed by atoms with Crippen LogP contribution >= 0.6 is 0 Å². The summed E-state index contributed by atoms with van der Waals surface area (Å²) in [6.45, 7) is 0.530. The largest absolute Gasteiger partial charge is 0.376 e. The third kappa shape index (κ3) is 5.62. The van der Waals surface area contributed by atoms with Crippen molar-refractivity contribution in [3.05, 3.63) is 71.5 Å². The Kier molecular flexibility index (Phi) is 6.54. The minimum absolute atomic E-state index is 0.115. The van der Waals surface area contributed by atoms with Gasteiger partial charge < -0.3 is 15.4 Å². The van der Waals surface area contributed by atoms with Gasteiger partial charge in [-0.05, 0) is 36.1 Å². The Balaban J connectivity index is 1.55. The molecule has 27 heavy (non-hydrogen) atoms. The molecule has 1 aliphatic heterocycles. The lowest BCUT2D eigenvalue weighted by molar-refractivity contribution is -0.126. The van der Waals surface area contributed by atoms with Gasteiger partial charge >= 0.3 is 0 Å². The maximum atomic E-state index is 13.2. The Morgan fingerprint density at radius 1 is 1.07 bits per heavy atom. The first-order valence-corrected chi connectivity index (χ1v) is 9.09. The number of amides is 2. The summed E-state index contributed by atoms with van der Waals surface area (Å²) < 4.78 is 18.9. The SMILES string of the molecule is O=C(Cc1ccccc1)NCC(=O)N[C@@H](c1ccc(F)cc1)[C@@H]1CCCO1. The first-order valence-electron chi connectivity index (χ1n) is 9.09. The summed E-state index contributed by atoms with van der Waals surface area (Å²) in [5.74, 6) is -0.850. The fourth-order valence-electron chi connectivity index (χ4n) is 3.17. The van der Waals surface area contributed by atoms with Gasteiger partial charge in [0.1, 0.15) is 5.82 Å². The number of ether oxygens (including phenoxy) is 1. The Morgan fingerprint density at radius 3 is 2.48 bits per heavy atom. The van der Waals surface area contributed by atoms with E-state index in [9.17, 15) is 14.0 Å². The molecule has 142 valence electrons. The van der Waals surface area contributed by atoms with Crippen LogP contribution in [0.4, 0.5) is 4.39 Å². The van der Waals surface area contributed by atoms with Crippen molar-refractivity contribution in [2.45, 2.75) is 31.4 Å². The Labute approximate surface area is 157 Å². The van der Waals surface area contributed by atoms with Crippen molar-refractivity contribution in [3.63, 3.8) is 0 Å². The van der Waals surface area contributed by atoms with Crippen LogP contribution < -0.4 is 10.6 Å². The first-order chi connectivity index (χ1) is 13.1. The predicted molar refractivity (Wildman–Crippen MR) is 99.4 cm³/mol. The van der Waals surface area contributed by atoms with Gasteiger partial charge in [0.15, 0.2) is 0 Å². The van der Waals surface area contributed by atoms with E-state index in [0.717, 1.165) is 24.0 Å². The normalized spacial score (nSPS) is 17.3. The second-order valence-corrected chi connectivity index (χ2v) is 6.59. The van der Waals surface area contributed by atoms with Gasteiger partial charge in [0.25, 0.3) is 0 Å². The van der Waals surface area contributed by atoms with Crippen molar-refractivity contribution in [2.24, 2.45) is 0 Å². The van der Waals surface area contributed by atoms with Crippen molar-refractivity contribution in [3.8, 4) is 0 Å². The average Bonchev–Trinajstić information content (AvgIpc) is 3.21. The van der Waals surface area contributed by atoms with E-state index >= 15 is 0 Å². The maximum absolute atomic E-state index is 13.2. The Morgan fingerprint density at radius 2 is 1.81 bits per heavy atom. The molecule has 1 fully saturated rings. The van der Waals surface area contributed by atoms with E-state index in [-0.39, 0.29) is 42.7 Å². The number of nitrogens with one attached hydrogen (secondary N) is 2. The monoisotopic (exact) mass is 370 g/mol. The zero-order valence-corrected chi connectivity index (χ0v) is 15.0. The molecule has 3 rings (SSSR count). The fraction of sp³-hybridized carbons (Fsp3) is 0.333. The standard InChI is InChI=1S/C21H23FN2O3/c22-17-10-8-16(9-11-17)21(18-7-4-12-27-18)24-20(26)14-23-19(25)13-15-5-2-1-3-6-15/h1-3,5-6,8-11,18,21H,4,7,12-14H2,(H,23,25)(H,24,26)/t18-,21-/m0/s1. The molecule has 0 aliphatic carbocycles. The quantitative estimate of drug-likeness (QED) is 0.787. The van der Waals surface area contributed by atoms with Crippen LogP contribution in [0.5, 0.6) is 0 Å². The van der Waals surface area contributed by atoms with Crippen LogP contribution in [-0.2, 0) is 20.7 Å². The molecular formula is C21H23FN2O3. The fourth-order valence-corrected chi connectivity index (χ4v) is 3.17. The van der Waals surface area contributed by atoms with E-state index in [4.69, 9.17) is 4.74 Å². The highest BCUT2D eigenvalue weighted by atomic mass is 19.1. The van der Waals surface area contributed by atoms with E-state index in [2.05, 4.69) is 10.6 Å². The Hall–Kier alpha value is -2.73. The minimum Gasteiger partial charge on any atom is -0.376 e. The molecule has 2 atom stereocenters. The lowest BCUT2D eigenvalue weighted by Gasteiger charge is -2.25. The van der Waals surface area contributed by atoms with Crippen molar-refractivity contribution in [1.82, 2.24) is 10.6 Å². The van der Waals surface area contributed by atoms with Gasteiger partial charge in [0, 0.05) is 6.61 Å². The van der Waals surface area contributed by atoms with E-state index in [1.807, 2.05) is 30.3 Å². The zero-order chi connectivity index (χ0) is 19.1. The van der Waals surface area contributed by atoms with Gasteiger partial charge in [-0.25, -0.2) is 4.39 Å². The van der Waals surface area contributed by atoms with Crippen LogP contribution in [0.1, 0.15) is 30.0 Å². The molecule has 2 aromatic carbocycles. The topological polar surface area (TPSA) is 67.4 Å². The molecule has 1 aliphatic rings. The van der Waals surface area contributed by atoms with Crippen LogP contribution in [0.25, 0.3) is 0 Å². The van der Waals surface area contributed by atoms with Crippen molar-refractivity contribution in [1.29, 1.82) is 0 Å². The molecule has 0 saturated carbocycles. The summed E-state index contributed by atoms with van der Waals surface area (Å²) in [5, 5.41) is 5.55. The summed E-state index contributed by atoms with van der Waals surface area (Å²) in [4.78, 5) is 24.4. The molecule has 0 spiro atoms. The molecule has 6 heteroatoms. The molecule has 2 amide bonds. The van der Waals surface area contributed by atoms with Crippen molar-refractivity contribution in [2.75, 3.05) is 13.2 Å². The summed E-state index contributed by atoms with van der Waals surface area (Å²) in [5.41, 5.74) is 1.67. The van der Waals surface area contributed by atoms with E-state index in [1.54, 1.807) is 12.1 Å². The maximum Gasteiger partial charge on any atom is 0.239 e. The molecular weight excluding hydrogens is 347 g/mol. The number of halogens is 1. The second kappa shape index (κ2) is 9.28. The lowest BCUT2D eigenvalue weighted by atomic mass is 9.99. The lowest BCUT2D eigenvalue weighted by Crippen LogP contribution is -2.42. The zero-order valence-electron chi connectivity index (χ0n) is 15.0. The van der Waals surface area contributed by atoms with Crippen LogP contribution in [-0.4, -0.2) is 31.1 Å². The molecule has 0 unspecified atom stereocenters.